The second-order valence-corrected chi connectivity index (χ2v) is 7.06. The van der Waals surface area contributed by atoms with Crippen LogP contribution in [0.4, 0.5) is 10.1 Å². The van der Waals surface area contributed by atoms with E-state index in [9.17, 15) is 18.8 Å². The first kappa shape index (κ1) is 20.9. The van der Waals surface area contributed by atoms with Crippen molar-refractivity contribution in [2.45, 2.75) is 13.0 Å². The molecule has 1 atom stereocenters. The average molecular weight is 431 g/mol. The molecule has 0 radical (unpaired) electrons. The van der Waals surface area contributed by atoms with Crippen LogP contribution < -0.4 is 16.4 Å². The minimum absolute atomic E-state index is 0.293. The van der Waals surface area contributed by atoms with Gasteiger partial charge in [0.25, 0.3) is 11.1 Å². The van der Waals surface area contributed by atoms with E-state index in [0.717, 1.165) is 10.2 Å². The van der Waals surface area contributed by atoms with Crippen molar-refractivity contribution in [3.8, 4) is 22.5 Å². The summed E-state index contributed by atoms with van der Waals surface area (Å²) in [4.78, 5) is 36.2. The molecule has 1 unspecified atom stereocenters. The SMILES string of the molecule is CC(C(=O)Nc1ccc(-c2ccc(=O)[nH]n2)cc1)n1nc(-c2ccc(F)cc2)ccc1=O. The highest BCUT2D eigenvalue weighted by Crippen LogP contribution is 2.20. The molecule has 0 fully saturated rings. The maximum absolute atomic E-state index is 13.2. The van der Waals surface area contributed by atoms with Gasteiger partial charge in [-0.25, -0.2) is 14.2 Å². The van der Waals surface area contributed by atoms with Gasteiger partial charge >= 0.3 is 0 Å². The molecule has 0 bridgehead atoms. The van der Waals surface area contributed by atoms with Crippen molar-refractivity contribution in [2.75, 3.05) is 5.32 Å². The number of hydrogen-bond donors (Lipinski definition) is 2. The molecule has 0 aliphatic carbocycles. The van der Waals surface area contributed by atoms with Crippen molar-refractivity contribution < 1.29 is 9.18 Å². The molecular weight excluding hydrogens is 413 g/mol. The number of amides is 1. The summed E-state index contributed by atoms with van der Waals surface area (Å²) < 4.78 is 14.3. The molecule has 0 saturated carbocycles. The summed E-state index contributed by atoms with van der Waals surface area (Å²) in [5.74, 6) is -0.803. The van der Waals surface area contributed by atoms with Crippen LogP contribution >= 0.6 is 0 Å². The van der Waals surface area contributed by atoms with Crippen LogP contribution in [-0.2, 0) is 4.79 Å². The summed E-state index contributed by atoms with van der Waals surface area (Å²) >= 11 is 0. The first-order valence-corrected chi connectivity index (χ1v) is 9.73. The highest BCUT2D eigenvalue weighted by Gasteiger charge is 2.18. The summed E-state index contributed by atoms with van der Waals surface area (Å²) in [5.41, 5.74) is 2.22. The molecule has 0 aliphatic rings. The smallest absolute Gasteiger partial charge is 0.267 e. The molecule has 8 nitrogen and oxygen atoms in total. The Hall–Kier alpha value is -4.40. The van der Waals surface area contributed by atoms with E-state index in [2.05, 4.69) is 20.6 Å². The van der Waals surface area contributed by atoms with Gasteiger partial charge < -0.3 is 5.32 Å². The minimum Gasteiger partial charge on any atom is -0.324 e. The Morgan fingerprint density at radius 3 is 2.19 bits per heavy atom. The Morgan fingerprint density at radius 2 is 1.53 bits per heavy atom. The second kappa shape index (κ2) is 8.76. The number of H-pyrrole nitrogens is 1. The highest BCUT2D eigenvalue weighted by molar-refractivity contribution is 5.93. The van der Waals surface area contributed by atoms with E-state index >= 15 is 0 Å². The number of benzene rings is 2. The topological polar surface area (TPSA) is 110 Å². The fourth-order valence-electron chi connectivity index (χ4n) is 3.06. The number of rotatable bonds is 5. The monoisotopic (exact) mass is 431 g/mol. The molecule has 2 N–H and O–H groups in total. The van der Waals surface area contributed by atoms with Gasteiger partial charge in [-0.2, -0.15) is 10.2 Å². The van der Waals surface area contributed by atoms with Crippen LogP contribution in [0, 0.1) is 5.82 Å². The third-order valence-electron chi connectivity index (χ3n) is 4.84. The largest absolute Gasteiger partial charge is 0.324 e. The van der Waals surface area contributed by atoms with Crippen molar-refractivity contribution in [1.82, 2.24) is 20.0 Å². The molecule has 2 heterocycles. The number of anilines is 1. The lowest BCUT2D eigenvalue weighted by Crippen LogP contribution is -2.33. The summed E-state index contributed by atoms with van der Waals surface area (Å²) in [5, 5.41) is 13.4. The Kier molecular flexibility index (Phi) is 5.71. The van der Waals surface area contributed by atoms with E-state index in [-0.39, 0.29) is 11.4 Å². The Balaban J connectivity index is 1.52. The number of nitrogens with one attached hydrogen (secondary N) is 2. The van der Waals surface area contributed by atoms with E-state index in [1.165, 1.54) is 30.3 Å². The number of halogens is 1. The molecule has 4 rings (SSSR count). The summed E-state index contributed by atoms with van der Waals surface area (Å²) in [6, 6.07) is 17.5. The zero-order valence-electron chi connectivity index (χ0n) is 16.9. The molecule has 2 aromatic carbocycles. The number of carbonyl (C=O) groups is 1. The van der Waals surface area contributed by atoms with E-state index in [1.54, 1.807) is 49.4 Å². The molecule has 32 heavy (non-hydrogen) atoms. The predicted octanol–water partition coefficient (Wildman–Crippen LogP) is 3.00. The predicted molar refractivity (Wildman–Crippen MR) is 118 cm³/mol. The maximum Gasteiger partial charge on any atom is 0.267 e. The average Bonchev–Trinajstić information content (AvgIpc) is 2.80. The Bertz CT molecular complexity index is 1360. The Labute approximate surface area is 181 Å². The van der Waals surface area contributed by atoms with Gasteiger partial charge in [0.05, 0.1) is 11.4 Å². The van der Waals surface area contributed by atoms with E-state index in [4.69, 9.17) is 0 Å². The zero-order chi connectivity index (χ0) is 22.7. The normalized spacial score (nSPS) is 11.7. The van der Waals surface area contributed by atoms with E-state index in [0.29, 0.717) is 22.6 Å². The molecular formula is C23H18FN5O3. The molecule has 160 valence electrons. The van der Waals surface area contributed by atoms with Crippen molar-refractivity contribution in [3.05, 3.63) is 99.3 Å². The molecule has 2 aromatic heterocycles. The molecule has 9 heteroatoms. The molecule has 0 saturated heterocycles. The van der Waals surface area contributed by atoms with Crippen LogP contribution in [0.15, 0.2) is 82.4 Å². The Morgan fingerprint density at radius 1 is 0.906 bits per heavy atom. The minimum atomic E-state index is -0.886. The van der Waals surface area contributed by atoms with Gasteiger partial charge in [-0.15, -0.1) is 0 Å². The molecule has 4 aromatic rings. The lowest BCUT2D eigenvalue weighted by atomic mass is 10.1. The van der Waals surface area contributed by atoms with Crippen LogP contribution in [0.5, 0.6) is 0 Å². The quantitative estimate of drug-likeness (QED) is 0.505. The van der Waals surface area contributed by atoms with Gasteiger partial charge in [-0.1, -0.05) is 12.1 Å². The zero-order valence-corrected chi connectivity index (χ0v) is 16.9. The fraction of sp³-hybridized carbons (Fsp3) is 0.0870. The van der Waals surface area contributed by atoms with Gasteiger partial charge in [0.1, 0.15) is 11.9 Å². The van der Waals surface area contributed by atoms with Crippen LogP contribution in [0.25, 0.3) is 22.5 Å². The number of aromatic amines is 1. The summed E-state index contributed by atoms with van der Waals surface area (Å²) in [6.45, 7) is 1.57. The third kappa shape index (κ3) is 4.51. The summed E-state index contributed by atoms with van der Waals surface area (Å²) in [7, 11) is 0. The highest BCUT2D eigenvalue weighted by atomic mass is 19.1. The number of hydrogen-bond acceptors (Lipinski definition) is 5. The molecule has 0 aliphatic heterocycles. The third-order valence-corrected chi connectivity index (χ3v) is 4.84. The number of nitrogens with zero attached hydrogens (tertiary/aromatic N) is 3. The van der Waals surface area contributed by atoms with Crippen LogP contribution in [-0.4, -0.2) is 25.9 Å². The van der Waals surface area contributed by atoms with Gasteiger partial charge in [-0.3, -0.25) is 14.4 Å². The molecule has 0 spiro atoms. The van der Waals surface area contributed by atoms with Gasteiger partial charge in [0.15, 0.2) is 0 Å². The number of aromatic nitrogens is 4. The standard InChI is InChI=1S/C23H18FN5O3/c1-14(29-22(31)13-11-20(28-29)16-2-6-17(24)7-3-16)23(32)25-18-8-4-15(5-9-18)19-10-12-21(30)27-26-19/h2-14H,1H3,(H,25,32)(H,27,30). The first-order chi connectivity index (χ1) is 15.4. The van der Waals surface area contributed by atoms with Crippen LogP contribution in [0.1, 0.15) is 13.0 Å². The van der Waals surface area contributed by atoms with Crippen molar-refractivity contribution in [2.24, 2.45) is 0 Å². The summed E-state index contributed by atoms with van der Waals surface area (Å²) in [6.07, 6.45) is 0. The van der Waals surface area contributed by atoms with E-state index < -0.39 is 17.5 Å². The number of carbonyl (C=O) groups excluding carboxylic acids is 1. The van der Waals surface area contributed by atoms with Gasteiger partial charge in [0.2, 0.25) is 5.91 Å². The lowest BCUT2D eigenvalue weighted by molar-refractivity contribution is -0.119. The first-order valence-electron chi connectivity index (χ1n) is 9.73. The van der Waals surface area contributed by atoms with Crippen LogP contribution in [0.2, 0.25) is 0 Å². The van der Waals surface area contributed by atoms with Gasteiger partial charge in [0, 0.05) is 28.9 Å². The molecule has 1 amide bonds. The van der Waals surface area contributed by atoms with Crippen molar-refractivity contribution >= 4 is 11.6 Å². The van der Waals surface area contributed by atoms with Crippen LogP contribution in [0.3, 0.4) is 0 Å². The fourth-order valence-corrected chi connectivity index (χ4v) is 3.06. The maximum atomic E-state index is 13.2. The van der Waals surface area contributed by atoms with Crippen molar-refractivity contribution in [1.29, 1.82) is 0 Å². The second-order valence-electron chi connectivity index (χ2n) is 7.06. The van der Waals surface area contributed by atoms with Crippen molar-refractivity contribution in [3.63, 3.8) is 0 Å². The lowest BCUT2D eigenvalue weighted by Gasteiger charge is -2.15. The van der Waals surface area contributed by atoms with E-state index in [1.807, 2.05) is 0 Å². The van der Waals surface area contributed by atoms with Gasteiger partial charge in [-0.05, 0) is 55.5 Å².